The Hall–Kier alpha value is -0.610. The van der Waals surface area contributed by atoms with Gasteiger partial charge >= 0.3 is 5.97 Å². The van der Waals surface area contributed by atoms with E-state index in [1.54, 1.807) is 14.0 Å². The molecule has 0 amide bonds. The van der Waals surface area contributed by atoms with Crippen molar-refractivity contribution in [2.24, 2.45) is 0 Å². The van der Waals surface area contributed by atoms with Crippen molar-refractivity contribution in [3.05, 3.63) is 0 Å². The molecule has 13 heavy (non-hydrogen) atoms. The lowest BCUT2D eigenvalue weighted by atomic mass is 10.2. The number of likely N-dealkylation sites (tertiary alicyclic amines) is 1. The zero-order chi connectivity index (χ0) is 9.84. The molecule has 76 valence electrons. The Morgan fingerprint density at radius 3 is 3.00 bits per heavy atom. The van der Waals surface area contributed by atoms with E-state index in [2.05, 4.69) is 0 Å². The number of nitrogens with zero attached hydrogens (tertiary/aromatic N) is 1. The molecule has 2 atom stereocenters. The topological polar surface area (TPSA) is 49.8 Å². The molecule has 1 N–H and O–H groups in total. The van der Waals surface area contributed by atoms with E-state index < -0.39 is 5.97 Å². The summed E-state index contributed by atoms with van der Waals surface area (Å²) in [5.74, 6) is -0.747. The van der Waals surface area contributed by atoms with Crippen LogP contribution >= 0.6 is 0 Å². The third-order valence-electron chi connectivity index (χ3n) is 2.64. The number of carboxylic acid groups (broad SMARTS) is 1. The van der Waals surface area contributed by atoms with Crippen molar-refractivity contribution in [1.82, 2.24) is 4.90 Å². The Kier molecular flexibility index (Phi) is 3.69. The maximum Gasteiger partial charge on any atom is 0.320 e. The molecule has 0 spiro atoms. The minimum atomic E-state index is -0.747. The zero-order valence-electron chi connectivity index (χ0n) is 8.19. The van der Waals surface area contributed by atoms with Crippen molar-refractivity contribution < 1.29 is 14.6 Å². The molecular formula is C9H17NO3. The third-order valence-corrected chi connectivity index (χ3v) is 2.64. The predicted molar refractivity (Wildman–Crippen MR) is 48.7 cm³/mol. The number of methoxy groups -OCH3 is 1. The van der Waals surface area contributed by atoms with Crippen LogP contribution in [0, 0.1) is 0 Å². The molecule has 1 saturated heterocycles. The van der Waals surface area contributed by atoms with E-state index in [4.69, 9.17) is 9.84 Å². The second kappa shape index (κ2) is 4.58. The molecule has 1 aliphatic rings. The second-order valence-electron chi connectivity index (χ2n) is 3.50. The number of carbonyl (C=O) groups is 1. The molecule has 4 nitrogen and oxygen atoms in total. The van der Waals surface area contributed by atoms with Gasteiger partial charge in [-0.2, -0.15) is 0 Å². The van der Waals surface area contributed by atoms with Crippen molar-refractivity contribution in [3.8, 4) is 0 Å². The van der Waals surface area contributed by atoms with E-state index in [-0.39, 0.29) is 12.1 Å². The Bertz CT molecular complexity index is 184. The zero-order valence-corrected chi connectivity index (χ0v) is 8.19. The fourth-order valence-electron chi connectivity index (χ4n) is 1.88. The van der Waals surface area contributed by atoms with Crippen molar-refractivity contribution in [2.75, 3.05) is 20.3 Å². The minimum absolute atomic E-state index is 0.288. The molecule has 0 bridgehead atoms. The van der Waals surface area contributed by atoms with Crippen molar-refractivity contribution in [1.29, 1.82) is 0 Å². The highest BCUT2D eigenvalue weighted by molar-refractivity contribution is 5.73. The molecule has 1 rings (SSSR count). The van der Waals surface area contributed by atoms with Crippen molar-refractivity contribution in [3.63, 3.8) is 0 Å². The van der Waals surface area contributed by atoms with Gasteiger partial charge in [0.25, 0.3) is 0 Å². The molecule has 4 heteroatoms. The van der Waals surface area contributed by atoms with Gasteiger partial charge in [0.15, 0.2) is 0 Å². The Morgan fingerprint density at radius 2 is 2.46 bits per heavy atom. The standard InChI is InChI=1S/C9H17NO3/c1-7(9(11)12)10-5-3-4-8(10)6-13-2/h7-8H,3-6H2,1-2H3,(H,11,12)/t7-,8+/m0/s1. The second-order valence-corrected chi connectivity index (χ2v) is 3.50. The van der Waals surface area contributed by atoms with Crippen LogP contribution in [0.25, 0.3) is 0 Å². The monoisotopic (exact) mass is 187 g/mol. The molecule has 0 aromatic heterocycles. The summed E-state index contributed by atoms with van der Waals surface area (Å²) < 4.78 is 5.05. The molecule has 0 radical (unpaired) electrons. The van der Waals surface area contributed by atoms with Gasteiger partial charge in [0.05, 0.1) is 6.61 Å². The molecule has 0 aliphatic carbocycles. The van der Waals surface area contributed by atoms with Gasteiger partial charge in [-0.25, -0.2) is 0 Å². The first kappa shape index (κ1) is 10.5. The summed E-state index contributed by atoms with van der Waals surface area (Å²) >= 11 is 0. The number of aliphatic carboxylic acids is 1. The normalized spacial score (nSPS) is 26.2. The quantitative estimate of drug-likeness (QED) is 0.699. The molecule has 1 fully saturated rings. The van der Waals surface area contributed by atoms with Crippen LogP contribution in [-0.2, 0) is 9.53 Å². The first-order valence-corrected chi connectivity index (χ1v) is 4.64. The van der Waals surface area contributed by atoms with Crippen LogP contribution in [0.1, 0.15) is 19.8 Å². The fraction of sp³-hybridized carbons (Fsp3) is 0.889. The summed E-state index contributed by atoms with van der Waals surface area (Å²) in [7, 11) is 1.65. The number of ether oxygens (including phenoxy) is 1. The minimum Gasteiger partial charge on any atom is -0.480 e. The van der Waals surface area contributed by atoms with Crippen LogP contribution < -0.4 is 0 Å². The summed E-state index contributed by atoms with van der Waals surface area (Å²) in [5.41, 5.74) is 0. The SMILES string of the molecule is COC[C@H]1CCCN1[C@@H](C)C(=O)O. The maximum atomic E-state index is 10.8. The van der Waals surface area contributed by atoms with Crippen LogP contribution in [0.15, 0.2) is 0 Å². The molecule has 1 heterocycles. The number of carboxylic acids is 1. The number of hydrogen-bond acceptors (Lipinski definition) is 3. The van der Waals surface area contributed by atoms with E-state index in [0.717, 1.165) is 19.4 Å². The molecule has 0 saturated carbocycles. The average molecular weight is 187 g/mol. The number of hydrogen-bond donors (Lipinski definition) is 1. The fourth-order valence-corrected chi connectivity index (χ4v) is 1.88. The van der Waals surface area contributed by atoms with Crippen molar-refractivity contribution in [2.45, 2.75) is 31.8 Å². The average Bonchev–Trinajstić information content (AvgIpc) is 2.52. The van der Waals surface area contributed by atoms with Gasteiger partial charge in [-0.3, -0.25) is 9.69 Å². The largest absolute Gasteiger partial charge is 0.480 e. The first-order chi connectivity index (χ1) is 6.16. The van der Waals surface area contributed by atoms with Gasteiger partial charge in [-0.1, -0.05) is 0 Å². The molecule has 0 aromatic rings. The summed E-state index contributed by atoms with van der Waals surface area (Å²) in [6.45, 7) is 3.25. The summed E-state index contributed by atoms with van der Waals surface area (Å²) in [6, 6.07) is -0.0984. The van der Waals surface area contributed by atoms with Gasteiger partial charge in [0, 0.05) is 13.2 Å². The molecule has 0 aromatic carbocycles. The van der Waals surface area contributed by atoms with Gasteiger partial charge in [0.2, 0.25) is 0 Å². The Labute approximate surface area is 78.5 Å². The summed E-state index contributed by atoms with van der Waals surface area (Å²) in [6.07, 6.45) is 2.12. The first-order valence-electron chi connectivity index (χ1n) is 4.64. The van der Waals surface area contributed by atoms with Gasteiger partial charge < -0.3 is 9.84 Å². The van der Waals surface area contributed by atoms with Crippen molar-refractivity contribution >= 4 is 5.97 Å². The van der Waals surface area contributed by atoms with Gasteiger partial charge in [-0.15, -0.1) is 0 Å². The lowest BCUT2D eigenvalue weighted by molar-refractivity contribution is -0.143. The van der Waals surface area contributed by atoms with Crippen LogP contribution in [0.4, 0.5) is 0 Å². The van der Waals surface area contributed by atoms with E-state index in [9.17, 15) is 4.79 Å². The van der Waals surface area contributed by atoms with Crippen LogP contribution in [-0.4, -0.2) is 48.3 Å². The van der Waals surface area contributed by atoms with Crippen LogP contribution in [0.2, 0.25) is 0 Å². The Balaban J connectivity index is 2.51. The highest BCUT2D eigenvalue weighted by Crippen LogP contribution is 2.20. The summed E-state index contributed by atoms with van der Waals surface area (Å²) in [5, 5.41) is 8.85. The van der Waals surface area contributed by atoms with Crippen LogP contribution in [0.3, 0.4) is 0 Å². The van der Waals surface area contributed by atoms with E-state index in [1.807, 2.05) is 4.90 Å². The molecule has 1 aliphatic heterocycles. The third kappa shape index (κ3) is 2.42. The van der Waals surface area contributed by atoms with Crippen LogP contribution in [0.5, 0.6) is 0 Å². The molecular weight excluding hydrogens is 170 g/mol. The molecule has 0 unspecified atom stereocenters. The Morgan fingerprint density at radius 1 is 1.77 bits per heavy atom. The van der Waals surface area contributed by atoms with Gasteiger partial charge in [-0.05, 0) is 26.3 Å². The van der Waals surface area contributed by atoms with E-state index >= 15 is 0 Å². The van der Waals surface area contributed by atoms with E-state index in [1.165, 1.54) is 0 Å². The van der Waals surface area contributed by atoms with E-state index in [0.29, 0.717) is 6.61 Å². The highest BCUT2D eigenvalue weighted by atomic mass is 16.5. The smallest absolute Gasteiger partial charge is 0.320 e. The maximum absolute atomic E-state index is 10.8. The number of rotatable bonds is 4. The lowest BCUT2D eigenvalue weighted by Crippen LogP contribution is -2.43. The highest BCUT2D eigenvalue weighted by Gasteiger charge is 2.31. The predicted octanol–water partition coefficient (Wildman–Crippen LogP) is 0.570. The van der Waals surface area contributed by atoms with Gasteiger partial charge in [0.1, 0.15) is 6.04 Å². The summed E-state index contributed by atoms with van der Waals surface area (Å²) in [4.78, 5) is 12.8. The lowest BCUT2D eigenvalue weighted by Gasteiger charge is -2.27.